The monoisotopic (exact) mass is 444 g/mol. The second-order valence-corrected chi connectivity index (χ2v) is 7.19. The lowest BCUT2D eigenvalue weighted by Crippen LogP contribution is -2.21. The summed E-state index contributed by atoms with van der Waals surface area (Å²) in [6, 6.07) is 8.14. The lowest BCUT2D eigenvalue weighted by molar-refractivity contribution is -0.140. The fraction of sp³-hybridized carbons (Fsp3) is 0.238. The molecule has 0 bridgehead atoms. The summed E-state index contributed by atoms with van der Waals surface area (Å²) < 4.78 is 96.6. The van der Waals surface area contributed by atoms with Crippen molar-refractivity contribution < 1.29 is 35.5 Å². The van der Waals surface area contributed by atoms with Crippen LogP contribution < -0.4 is 4.74 Å². The fourth-order valence-electron chi connectivity index (χ4n) is 2.88. The van der Waals surface area contributed by atoms with E-state index in [2.05, 4.69) is 9.97 Å². The third-order valence-electron chi connectivity index (χ3n) is 4.66. The Morgan fingerprint density at radius 2 is 1.45 bits per heavy atom. The van der Waals surface area contributed by atoms with Crippen LogP contribution in [-0.2, 0) is 17.8 Å². The molecule has 1 aromatic heterocycles. The molecule has 3 aromatic rings. The van der Waals surface area contributed by atoms with E-state index in [4.69, 9.17) is 4.74 Å². The zero-order valence-electron chi connectivity index (χ0n) is 16.1. The van der Waals surface area contributed by atoms with Gasteiger partial charge in [-0.15, -0.1) is 0 Å². The van der Waals surface area contributed by atoms with E-state index >= 15 is 0 Å². The van der Waals surface area contributed by atoms with E-state index in [1.807, 2.05) is 0 Å². The molecule has 0 amide bonds. The van der Waals surface area contributed by atoms with Gasteiger partial charge in [0.2, 0.25) is 5.88 Å². The molecule has 0 spiro atoms. The number of aromatic nitrogens is 2. The van der Waals surface area contributed by atoms with Crippen molar-refractivity contribution in [3.05, 3.63) is 83.1 Å². The lowest BCUT2D eigenvalue weighted by Gasteiger charge is -2.25. The van der Waals surface area contributed by atoms with Crippen molar-refractivity contribution in [3.63, 3.8) is 0 Å². The Morgan fingerprint density at radius 1 is 0.774 bits per heavy atom. The average Bonchev–Trinajstić information content (AvgIpc) is 2.68. The van der Waals surface area contributed by atoms with E-state index in [9.17, 15) is 30.7 Å². The highest BCUT2D eigenvalue weighted by Gasteiger charge is 2.35. The summed E-state index contributed by atoms with van der Waals surface area (Å²) in [6.45, 7) is 3.27. The van der Waals surface area contributed by atoms with Gasteiger partial charge in [-0.25, -0.2) is 14.4 Å². The predicted octanol–water partition coefficient (Wildman–Crippen LogP) is 6.77. The van der Waals surface area contributed by atoms with E-state index in [-0.39, 0.29) is 17.3 Å². The summed E-state index contributed by atoms with van der Waals surface area (Å²) in [7, 11) is 0. The maximum atomic E-state index is 13.4. The van der Waals surface area contributed by atoms with Gasteiger partial charge in [0.05, 0.1) is 16.8 Å². The Balaban J connectivity index is 1.93. The topological polar surface area (TPSA) is 35.0 Å². The second-order valence-electron chi connectivity index (χ2n) is 7.19. The van der Waals surface area contributed by atoms with Gasteiger partial charge in [0.15, 0.2) is 0 Å². The molecule has 0 unspecified atom stereocenters. The summed E-state index contributed by atoms with van der Waals surface area (Å²) in [6.07, 6.45) is -8.36. The minimum absolute atomic E-state index is 0.148. The molecule has 1 heterocycles. The molecule has 2 aromatic carbocycles. The Bertz CT molecular complexity index is 1090. The number of benzene rings is 2. The van der Waals surface area contributed by atoms with Crippen LogP contribution in [0.15, 0.2) is 54.9 Å². The quantitative estimate of drug-likeness (QED) is 0.417. The van der Waals surface area contributed by atoms with Crippen molar-refractivity contribution >= 4 is 0 Å². The Hall–Kier alpha value is -3.17. The Kier molecular flexibility index (Phi) is 5.68. The van der Waals surface area contributed by atoms with Crippen molar-refractivity contribution in [1.29, 1.82) is 0 Å². The van der Waals surface area contributed by atoms with Crippen LogP contribution in [-0.4, -0.2) is 9.97 Å². The van der Waals surface area contributed by atoms with Crippen molar-refractivity contribution in [2.24, 2.45) is 0 Å². The molecule has 0 saturated heterocycles. The highest BCUT2D eigenvalue weighted by atomic mass is 19.4. The molecule has 0 aliphatic heterocycles. The Labute approximate surface area is 172 Å². The van der Waals surface area contributed by atoms with E-state index in [1.165, 1.54) is 18.2 Å². The van der Waals surface area contributed by atoms with Gasteiger partial charge in [-0.2, -0.15) is 26.3 Å². The first kappa shape index (κ1) is 22.5. The molecular weight excluding hydrogens is 429 g/mol. The largest absolute Gasteiger partial charge is 0.439 e. The molecule has 10 heteroatoms. The number of rotatable bonds is 4. The normalized spacial score (nSPS) is 12.7. The van der Waals surface area contributed by atoms with E-state index in [0.29, 0.717) is 17.7 Å². The fourth-order valence-corrected chi connectivity index (χ4v) is 2.88. The Morgan fingerprint density at radius 3 is 2.10 bits per heavy atom. The first-order valence-corrected chi connectivity index (χ1v) is 8.83. The molecule has 0 N–H and O–H groups in total. The van der Waals surface area contributed by atoms with Gasteiger partial charge in [-0.1, -0.05) is 32.0 Å². The number of nitrogens with zero attached hydrogens (tertiary/aromatic N) is 2. The van der Waals surface area contributed by atoms with Crippen LogP contribution in [0, 0.1) is 5.82 Å². The third-order valence-corrected chi connectivity index (χ3v) is 4.66. The zero-order chi connectivity index (χ0) is 23.0. The summed E-state index contributed by atoms with van der Waals surface area (Å²) in [4.78, 5) is 7.90. The molecule has 3 rings (SSSR count). The molecule has 31 heavy (non-hydrogen) atoms. The van der Waals surface area contributed by atoms with Gasteiger partial charge in [0.25, 0.3) is 0 Å². The lowest BCUT2D eigenvalue weighted by atomic mass is 9.80. The number of alkyl halides is 6. The second kappa shape index (κ2) is 7.82. The van der Waals surface area contributed by atoms with Crippen molar-refractivity contribution in [1.82, 2.24) is 9.97 Å². The summed E-state index contributed by atoms with van der Waals surface area (Å²) in [5.41, 5.74) is -2.75. The predicted molar refractivity (Wildman–Crippen MR) is 97.1 cm³/mol. The van der Waals surface area contributed by atoms with Crippen LogP contribution >= 0.6 is 0 Å². The highest BCUT2D eigenvalue weighted by Crippen LogP contribution is 2.37. The summed E-state index contributed by atoms with van der Waals surface area (Å²) >= 11 is 0. The number of halogens is 7. The van der Waals surface area contributed by atoms with Crippen LogP contribution in [0.2, 0.25) is 0 Å². The number of hydrogen-bond donors (Lipinski definition) is 0. The summed E-state index contributed by atoms with van der Waals surface area (Å²) in [5, 5.41) is 0. The van der Waals surface area contributed by atoms with Gasteiger partial charge in [0, 0.05) is 11.5 Å². The smallest absolute Gasteiger partial charge is 0.419 e. The molecule has 0 radical (unpaired) electrons. The van der Waals surface area contributed by atoms with E-state index in [1.54, 1.807) is 13.8 Å². The highest BCUT2D eigenvalue weighted by molar-refractivity contribution is 5.39. The van der Waals surface area contributed by atoms with Crippen LogP contribution in [0.4, 0.5) is 30.7 Å². The maximum Gasteiger partial charge on any atom is 0.419 e. The maximum absolute atomic E-state index is 13.4. The van der Waals surface area contributed by atoms with Crippen LogP contribution in [0.5, 0.6) is 11.6 Å². The molecule has 0 aliphatic carbocycles. The van der Waals surface area contributed by atoms with Crippen molar-refractivity contribution in [2.45, 2.75) is 31.6 Å². The standard InChI is InChI=1S/C21H15F7N2O/c1-19(2,12-4-3-5-13(8-12)20(23,24)25)17-10-18(30-11-29-17)31-14-6-7-16(22)15(9-14)21(26,27)28/h3-11H,1-2H3. The van der Waals surface area contributed by atoms with Gasteiger partial charge in [-0.05, 0) is 29.8 Å². The minimum Gasteiger partial charge on any atom is -0.439 e. The van der Waals surface area contributed by atoms with Gasteiger partial charge < -0.3 is 4.74 Å². The molecule has 0 saturated carbocycles. The van der Waals surface area contributed by atoms with Crippen LogP contribution in [0.25, 0.3) is 0 Å². The van der Waals surface area contributed by atoms with Crippen molar-refractivity contribution in [3.8, 4) is 11.6 Å². The SMILES string of the molecule is CC(C)(c1cccc(C(F)(F)F)c1)c1cc(Oc2ccc(F)c(C(F)(F)F)c2)ncn1. The molecular formula is C21H15F7N2O. The van der Waals surface area contributed by atoms with Crippen LogP contribution in [0.3, 0.4) is 0 Å². The first-order valence-electron chi connectivity index (χ1n) is 8.83. The van der Waals surface area contributed by atoms with Crippen LogP contribution in [0.1, 0.15) is 36.2 Å². The van der Waals surface area contributed by atoms with E-state index < -0.39 is 34.7 Å². The molecule has 0 aliphatic rings. The molecule has 164 valence electrons. The first-order chi connectivity index (χ1) is 14.3. The molecule has 0 atom stereocenters. The van der Waals surface area contributed by atoms with Gasteiger partial charge in [0.1, 0.15) is 17.9 Å². The number of ether oxygens (including phenoxy) is 1. The minimum atomic E-state index is -4.91. The molecule has 0 fully saturated rings. The van der Waals surface area contributed by atoms with Gasteiger partial charge in [-0.3, -0.25) is 0 Å². The molecule has 3 nitrogen and oxygen atoms in total. The number of hydrogen-bond acceptors (Lipinski definition) is 3. The van der Waals surface area contributed by atoms with Crippen molar-refractivity contribution in [2.75, 3.05) is 0 Å². The van der Waals surface area contributed by atoms with E-state index in [0.717, 1.165) is 24.5 Å². The average molecular weight is 444 g/mol. The zero-order valence-corrected chi connectivity index (χ0v) is 16.1. The summed E-state index contributed by atoms with van der Waals surface area (Å²) in [5.74, 6) is -1.91. The third kappa shape index (κ3) is 4.95. The van der Waals surface area contributed by atoms with Gasteiger partial charge >= 0.3 is 12.4 Å².